The largest absolute Gasteiger partial charge is 0.464 e. The quantitative estimate of drug-likeness (QED) is 0.672. The van der Waals surface area contributed by atoms with Crippen LogP contribution >= 0.6 is 0 Å². The van der Waals surface area contributed by atoms with Gasteiger partial charge in [-0.2, -0.15) is 0 Å². The number of amides is 1. The molecule has 78 valence electrons. The van der Waals surface area contributed by atoms with Crippen molar-refractivity contribution >= 4 is 27.6 Å². The third kappa shape index (κ3) is 1.26. The highest BCUT2D eigenvalue weighted by Crippen LogP contribution is 2.24. The monoisotopic (exact) mass is 211 g/mol. The smallest absolute Gasteiger partial charge is 0.248 e. The van der Waals surface area contributed by atoms with Gasteiger partial charge < -0.3 is 10.2 Å². The minimum Gasteiger partial charge on any atom is -0.464 e. The second-order valence-electron chi connectivity index (χ2n) is 3.74. The van der Waals surface area contributed by atoms with Crippen LogP contribution in [0, 0.1) is 0 Å². The van der Waals surface area contributed by atoms with Crippen LogP contribution in [0.3, 0.4) is 0 Å². The Kier molecular flexibility index (Phi) is 1.74. The Morgan fingerprint density at radius 2 is 1.88 bits per heavy atom. The minimum atomic E-state index is -0.408. The maximum atomic E-state index is 11.1. The van der Waals surface area contributed by atoms with Crippen LogP contribution in [0.4, 0.5) is 0 Å². The van der Waals surface area contributed by atoms with Crippen LogP contribution in [-0.4, -0.2) is 5.91 Å². The molecule has 0 aliphatic carbocycles. The highest BCUT2D eigenvalue weighted by molar-refractivity contribution is 6.01. The number of rotatable bonds is 1. The topological polar surface area (TPSA) is 56.2 Å². The molecule has 16 heavy (non-hydrogen) atoms. The van der Waals surface area contributed by atoms with E-state index < -0.39 is 5.91 Å². The second kappa shape index (κ2) is 3.10. The number of benzene rings is 2. The number of hydrogen-bond donors (Lipinski definition) is 1. The number of fused-ring (bicyclic) bond motifs is 2. The number of carbonyl (C=O) groups excluding carboxylic acids is 1. The highest BCUT2D eigenvalue weighted by atomic mass is 16.3. The molecule has 0 saturated heterocycles. The molecule has 1 heterocycles. The maximum Gasteiger partial charge on any atom is 0.248 e. The van der Waals surface area contributed by atoms with Crippen LogP contribution < -0.4 is 5.73 Å². The molecular formula is C13H9NO2. The summed E-state index contributed by atoms with van der Waals surface area (Å²) in [6.07, 6.45) is 1.65. The first-order valence-corrected chi connectivity index (χ1v) is 4.95. The highest BCUT2D eigenvalue weighted by Gasteiger charge is 2.04. The average Bonchev–Trinajstić information content (AvgIpc) is 2.71. The summed E-state index contributed by atoms with van der Waals surface area (Å²) < 4.78 is 5.31. The van der Waals surface area contributed by atoms with Crippen molar-refractivity contribution < 1.29 is 9.21 Å². The fourth-order valence-corrected chi connectivity index (χ4v) is 1.86. The summed E-state index contributed by atoms with van der Waals surface area (Å²) in [5.74, 6) is -0.408. The van der Waals surface area contributed by atoms with Gasteiger partial charge in [-0.3, -0.25) is 4.79 Å². The van der Waals surface area contributed by atoms with Crippen LogP contribution in [0.15, 0.2) is 47.1 Å². The van der Waals surface area contributed by atoms with Gasteiger partial charge in [-0.1, -0.05) is 6.07 Å². The SMILES string of the molecule is NC(=O)c1ccc2cc3occc3cc2c1. The van der Waals surface area contributed by atoms with Crippen LogP contribution in [0.1, 0.15) is 10.4 Å². The molecule has 0 atom stereocenters. The lowest BCUT2D eigenvalue weighted by molar-refractivity contribution is 0.100. The van der Waals surface area contributed by atoms with Crippen molar-refractivity contribution in [2.75, 3.05) is 0 Å². The maximum absolute atomic E-state index is 11.1. The lowest BCUT2D eigenvalue weighted by Gasteiger charge is -2.00. The predicted octanol–water partition coefficient (Wildman–Crippen LogP) is 2.68. The first-order valence-electron chi connectivity index (χ1n) is 4.95. The zero-order chi connectivity index (χ0) is 11.1. The van der Waals surface area contributed by atoms with Gasteiger partial charge in [0.1, 0.15) is 5.58 Å². The van der Waals surface area contributed by atoms with E-state index in [2.05, 4.69) is 0 Å². The summed E-state index contributed by atoms with van der Waals surface area (Å²) in [7, 11) is 0. The van der Waals surface area contributed by atoms with Crippen molar-refractivity contribution in [3.8, 4) is 0 Å². The summed E-state index contributed by atoms with van der Waals surface area (Å²) in [6, 6.07) is 11.2. The molecule has 0 saturated carbocycles. The molecule has 1 aromatic heterocycles. The third-order valence-electron chi connectivity index (χ3n) is 2.70. The molecule has 0 bridgehead atoms. The number of nitrogens with two attached hydrogens (primary N) is 1. The number of furan rings is 1. The van der Waals surface area contributed by atoms with Crippen molar-refractivity contribution in [3.05, 3.63) is 48.2 Å². The van der Waals surface area contributed by atoms with Crippen molar-refractivity contribution in [2.45, 2.75) is 0 Å². The molecule has 1 amide bonds. The number of primary amides is 1. The molecule has 0 spiro atoms. The second-order valence-corrected chi connectivity index (χ2v) is 3.74. The zero-order valence-corrected chi connectivity index (χ0v) is 8.44. The molecule has 0 aliphatic rings. The summed E-state index contributed by atoms with van der Waals surface area (Å²) in [4.78, 5) is 11.1. The zero-order valence-electron chi connectivity index (χ0n) is 8.44. The van der Waals surface area contributed by atoms with E-state index in [1.165, 1.54) is 0 Å². The molecule has 2 N–H and O–H groups in total. The Labute approximate surface area is 91.5 Å². The number of hydrogen-bond acceptors (Lipinski definition) is 2. The average molecular weight is 211 g/mol. The van der Waals surface area contributed by atoms with Crippen molar-refractivity contribution in [1.82, 2.24) is 0 Å². The number of carbonyl (C=O) groups is 1. The normalized spacial score (nSPS) is 11.0. The fourth-order valence-electron chi connectivity index (χ4n) is 1.86. The first kappa shape index (κ1) is 8.97. The van der Waals surface area contributed by atoms with Gasteiger partial charge in [-0.15, -0.1) is 0 Å². The molecule has 0 unspecified atom stereocenters. The molecular weight excluding hydrogens is 202 g/mol. The fraction of sp³-hybridized carbons (Fsp3) is 0. The van der Waals surface area contributed by atoms with Gasteiger partial charge in [0.05, 0.1) is 6.26 Å². The van der Waals surface area contributed by atoms with E-state index >= 15 is 0 Å². The lowest BCUT2D eigenvalue weighted by Crippen LogP contribution is -2.10. The van der Waals surface area contributed by atoms with Gasteiger partial charge >= 0.3 is 0 Å². The Morgan fingerprint density at radius 1 is 1.00 bits per heavy atom. The van der Waals surface area contributed by atoms with E-state index in [-0.39, 0.29) is 0 Å². The predicted molar refractivity (Wildman–Crippen MR) is 62.2 cm³/mol. The summed E-state index contributed by atoms with van der Waals surface area (Å²) in [5, 5.41) is 3.05. The van der Waals surface area contributed by atoms with E-state index in [0.717, 1.165) is 21.7 Å². The Hall–Kier alpha value is -2.29. The summed E-state index contributed by atoms with van der Waals surface area (Å²) in [5.41, 5.74) is 6.61. The lowest BCUT2D eigenvalue weighted by atomic mass is 10.1. The molecule has 3 heteroatoms. The summed E-state index contributed by atoms with van der Waals surface area (Å²) in [6.45, 7) is 0. The molecule has 2 aromatic carbocycles. The van der Waals surface area contributed by atoms with Crippen LogP contribution in [0.2, 0.25) is 0 Å². The van der Waals surface area contributed by atoms with Crippen molar-refractivity contribution in [2.24, 2.45) is 5.73 Å². The van der Waals surface area contributed by atoms with Crippen LogP contribution in [0.25, 0.3) is 21.7 Å². The molecule has 3 aromatic rings. The van der Waals surface area contributed by atoms with Gasteiger partial charge in [-0.25, -0.2) is 0 Å². The molecule has 3 rings (SSSR count). The molecule has 0 radical (unpaired) electrons. The first-order chi connectivity index (χ1) is 7.74. The Bertz CT molecular complexity index is 697. The molecule has 0 fully saturated rings. The van der Waals surface area contributed by atoms with Gasteiger partial charge in [0.15, 0.2) is 0 Å². The van der Waals surface area contributed by atoms with E-state index in [9.17, 15) is 4.79 Å². The summed E-state index contributed by atoms with van der Waals surface area (Å²) >= 11 is 0. The van der Waals surface area contributed by atoms with Crippen LogP contribution in [0.5, 0.6) is 0 Å². The minimum absolute atomic E-state index is 0.408. The van der Waals surface area contributed by atoms with E-state index in [1.807, 2.05) is 24.3 Å². The van der Waals surface area contributed by atoms with E-state index in [4.69, 9.17) is 10.2 Å². The van der Waals surface area contributed by atoms with E-state index in [1.54, 1.807) is 18.4 Å². The molecule has 3 nitrogen and oxygen atoms in total. The van der Waals surface area contributed by atoms with Gasteiger partial charge in [0.2, 0.25) is 5.91 Å². The Morgan fingerprint density at radius 3 is 2.69 bits per heavy atom. The van der Waals surface area contributed by atoms with Gasteiger partial charge in [-0.05, 0) is 41.1 Å². The standard InChI is InChI=1S/C13H9NO2/c14-13(15)10-2-1-8-7-12-9(3-4-16-12)5-11(8)6-10/h1-7H,(H2,14,15). The Balaban J connectivity index is 2.37. The van der Waals surface area contributed by atoms with E-state index in [0.29, 0.717) is 5.56 Å². The van der Waals surface area contributed by atoms with Gasteiger partial charge in [0.25, 0.3) is 0 Å². The van der Waals surface area contributed by atoms with Crippen molar-refractivity contribution in [3.63, 3.8) is 0 Å². The third-order valence-corrected chi connectivity index (χ3v) is 2.70. The van der Waals surface area contributed by atoms with Gasteiger partial charge in [0, 0.05) is 10.9 Å². The van der Waals surface area contributed by atoms with Crippen LogP contribution in [-0.2, 0) is 0 Å². The molecule has 0 aliphatic heterocycles. The van der Waals surface area contributed by atoms with Crippen molar-refractivity contribution in [1.29, 1.82) is 0 Å².